The van der Waals surface area contributed by atoms with Crippen LogP contribution in [0.3, 0.4) is 0 Å². The average molecular weight is 1830 g/mol. The Balaban J connectivity index is 0.000000252. The average Bonchev–Trinajstić information content (AvgIpc) is 1.66. The summed E-state index contributed by atoms with van der Waals surface area (Å²) in [5.41, 5.74) is 21.8. The molecule has 132 heavy (non-hydrogen) atoms. The molecule has 5 aliphatic rings. The number of fused-ring (bicyclic) bond motifs is 5. The maximum absolute atomic E-state index is 12.1. The van der Waals surface area contributed by atoms with Crippen molar-refractivity contribution in [3.05, 3.63) is 240 Å². The van der Waals surface area contributed by atoms with E-state index in [1.54, 1.807) is 47.7 Å². The Kier molecular flexibility index (Phi) is 36.9. The number of nitrogens with two attached hydrogens (primary N) is 2. The summed E-state index contributed by atoms with van der Waals surface area (Å²) in [4.78, 5) is 81.6. The molecule has 35 nitrogen and oxygen atoms in total. The van der Waals surface area contributed by atoms with Crippen molar-refractivity contribution in [1.82, 2.24) is 48.1 Å². The van der Waals surface area contributed by atoms with Crippen LogP contribution in [-0.4, -0.2) is 314 Å². The number of likely N-dealkylation sites (N-methyl/N-ethyl adjacent to an activating group) is 5. The SMILES string of the molecule is C.C.C.C.C.CC1=C(O)C(=Nc2c(NCC[N+](C)(C)C)nn3ccccc23)C=CC1=O.C[N+](C)(C)CCNc1nn2ccccc2c1N=C1C=C(Cl)C(O)=CC1=O.C[N+](C)(C)CCNc1nn2ccccc2c1N=C1C=CC(=O)C=C1N.C[N+](C)(C)CCNc1nn2ccccc2c1N=C1C=CC(=O)C=C1O.C[N+](C)(C)CCNc1nn2ccccc2c1N=C1C=CC(N)=CC1=O. The molecule has 0 saturated carbocycles. The van der Waals surface area contributed by atoms with E-state index in [0.717, 1.165) is 121 Å². The smallest absolute Gasteiger partial charge is 0.207 e. The van der Waals surface area contributed by atoms with E-state index >= 15 is 0 Å². The number of allylic oxidation sites excluding steroid dienone is 15. The van der Waals surface area contributed by atoms with Gasteiger partial charge in [-0.15, -0.1) is 25.5 Å². The number of aliphatic hydroxyl groups is 3. The third kappa shape index (κ3) is 29.3. The number of rotatable bonds is 25. The molecule has 0 spiro atoms. The molecule has 0 aromatic carbocycles. The summed E-state index contributed by atoms with van der Waals surface area (Å²) < 4.78 is 12.9. The molecule has 36 heteroatoms. The van der Waals surface area contributed by atoms with E-state index in [9.17, 15) is 39.3 Å². The van der Waals surface area contributed by atoms with Crippen molar-refractivity contribution in [1.29, 1.82) is 0 Å². The van der Waals surface area contributed by atoms with Crippen molar-refractivity contribution >= 4 is 154 Å². The van der Waals surface area contributed by atoms with Crippen LogP contribution in [0.25, 0.3) is 27.6 Å². The largest absolute Gasteiger partial charge is 0.506 e. The summed E-state index contributed by atoms with van der Waals surface area (Å²) in [6, 6.07) is 28.6. The molecule has 5 aliphatic carbocycles. The molecule has 0 amide bonds. The van der Waals surface area contributed by atoms with Gasteiger partial charge in [0, 0.05) is 66.6 Å². The highest BCUT2D eigenvalue weighted by Gasteiger charge is 2.26. The molecule has 0 radical (unpaired) electrons. The predicted molar refractivity (Wildman–Crippen MR) is 539 cm³/mol. The number of anilines is 5. The topological polar surface area (TPSA) is 407 Å². The Morgan fingerprint density at radius 1 is 0.333 bits per heavy atom. The molecule has 10 aromatic heterocycles. The Morgan fingerprint density at radius 2 is 0.621 bits per heavy atom. The van der Waals surface area contributed by atoms with Gasteiger partial charge in [0.15, 0.2) is 46.4 Å². The van der Waals surface area contributed by atoms with Gasteiger partial charge in [0.05, 0.1) is 215 Å². The van der Waals surface area contributed by atoms with Gasteiger partial charge in [0.1, 0.15) is 68.6 Å². The van der Waals surface area contributed by atoms with E-state index in [-0.39, 0.29) is 88.3 Å². The highest BCUT2D eigenvalue weighted by molar-refractivity contribution is 6.52. The van der Waals surface area contributed by atoms with E-state index in [2.05, 4.69) is 183 Å². The number of pyridine rings is 5. The van der Waals surface area contributed by atoms with Crippen molar-refractivity contribution in [2.24, 2.45) is 36.4 Å². The Morgan fingerprint density at radius 3 is 0.947 bits per heavy atom. The standard InChI is InChI=1S/C19H23N5O2.C18H20ClN5O2.2C18H22N6O.C18H21N5O2.5CH4/c1-13-16(25)9-8-14(18(13)26)21-17-15-7-5-6-11-23(15)22-19(17)20-10-12-24(2,3)4;1-24(2,3)9-7-20-18-17(14-6-4-5-8-23(14)22-18)21-13-10-12(19)15(25)11-16(13)26;1-24(2,3)11-9-20-18-17(16-6-4-5-10-23(16)22-18)21-15-8-7-13(25)12-14(15)19;1-24(2,3)11-9-20-18-17(15-6-4-5-10-23(15)22-18)21-14-8-7-13(19)12-16(14)25;1-23(2,3)11-9-19-18-17(15-6-4-5-10-22(15)21-18)20-14-8-7-13(24)12-16(14)25;;;;;/h5-9,11H,10,12H2,1-4H3,(H-,20,22,25,26);4-6,8,10-11H,7,9H2,1-3H3,(H-,20,22,25,26);2*4-8,10,12H,9,11H2,1-3H3,(H2-,19,20,22,25);4-8,10,12H,9,11H2,1-3H3,(H-,19,21,24,25);5*1H4/p+5. The number of ketones is 5. The quantitative estimate of drug-likeness (QED) is 0.0144. The number of quaternary nitrogens is 5. The first-order chi connectivity index (χ1) is 60.0. The minimum absolute atomic E-state index is 0. The maximum Gasteiger partial charge on any atom is 0.207 e. The molecule has 0 unspecified atom stereocenters. The van der Waals surface area contributed by atoms with Crippen molar-refractivity contribution in [3.63, 3.8) is 0 Å². The van der Waals surface area contributed by atoms with Gasteiger partial charge in [-0.2, -0.15) is 0 Å². The van der Waals surface area contributed by atoms with Gasteiger partial charge in [0.25, 0.3) is 0 Å². The number of aliphatic hydroxyl groups excluding tert-OH is 3. The van der Waals surface area contributed by atoms with Gasteiger partial charge in [-0.05, 0) is 122 Å². The first-order valence-electron chi connectivity index (χ1n) is 41.0. The lowest BCUT2D eigenvalue weighted by atomic mass is 10.0. The number of aliphatic imine (C=N–C) groups is 5. The van der Waals surface area contributed by atoms with Crippen LogP contribution in [0.2, 0.25) is 0 Å². The summed E-state index contributed by atoms with van der Waals surface area (Å²) in [5, 5.41) is 69.3. The first-order valence-corrected chi connectivity index (χ1v) is 41.4. The van der Waals surface area contributed by atoms with Crippen LogP contribution in [0.1, 0.15) is 44.1 Å². The van der Waals surface area contributed by atoms with Gasteiger partial charge < -0.3 is 75.8 Å². The minimum atomic E-state index is -0.403. The fourth-order valence-electron chi connectivity index (χ4n) is 12.5. The lowest BCUT2D eigenvalue weighted by molar-refractivity contribution is -0.868. The van der Waals surface area contributed by atoms with Crippen molar-refractivity contribution in [2.45, 2.75) is 44.1 Å². The molecular formula is C96H133ClN27O8+5. The molecule has 0 saturated heterocycles. The van der Waals surface area contributed by atoms with Crippen molar-refractivity contribution in [2.75, 3.05) is 198 Å². The lowest BCUT2D eigenvalue weighted by Gasteiger charge is -2.23. The Hall–Kier alpha value is -14.4. The van der Waals surface area contributed by atoms with Gasteiger partial charge in [0.2, 0.25) is 11.6 Å². The molecule has 15 rings (SSSR count). The highest BCUT2D eigenvalue weighted by atomic mass is 35.5. The molecular weight excluding hydrogens is 1690 g/mol. The van der Waals surface area contributed by atoms with E-state index in [1.807, 2.05) is 122 Å². The van der Waals surface area contributed by atoms with E-state index < -0.39 is 5.78 Å². The van der Waals surface area contributed by atoms with Crippen LogP contribution < -0.4 is 38.1 Å². The summed E-state index contributed by atoms with van der Waals surface area (Å²) >= 11 is 5.93. The zero-order valence-electron chi connectivity index (χ0n) is 74.5. The maximum atomic E-state index is 12.1. The number of halogens is 1. The fraction of sp³-hybridized carbons (Fsp3) is 0.323. The number of carbonyl (C=O) groups is 5. The second-order valence-electron chi connectivity index (χ2n) is 35.3. The number of hydrogen-bond acceptors (Lipinski definition) is 25. The van der Waals surface area contributed by atoms with Gasteiger partial charge in [-0.1, -0.05) is 79.1 Å². The Bertz CT molecular complexity index is 6210. The zero-order valence-corrected chi connectivity index (χ0v) is 75.2. The zero-order chi connectivity index (χ0) is 91.9. The number of nitrogens with zero attached hydrogens (tertiary/aromatic N) is 20. The molecule has 0 atom stereocenters. The van der Waals surface area contributed by atoms with Crippen LogP contribution in [0.4, 0.5) is 57.5 Å². The second-order valence-corrected chi connectivity index (χ2v) is 35.7. The van der Waals surface area contributed by atoms with Crippen LogP contribution in [0, 0.1) is 0 Å². The minimum Gasteiger partial charge on any atom is -0.506 e. The molecule has 0 fully saturated rings. The van der Waals surface area contributed by atoms with E-state index in [1.165, 1.54) is 48.6 Å². The molecule has 0 bridgehead atoms. The highest BCUT2D eigenvalue weighted by Crippen LogP contribution is 2.37. The number of carbonyl (C=O) groups excluding carboxylic acids is 5. The van der Waals surface area contributed by atoms with Gasteiger partial charge in [-0.3, -0.25) is 24.0 Å². The van der Waals surface area contributed by atoms with Crippen LogP contribution >= 0.6 is 11.6 Å². The lowest BCUT2D eigenvalue weighted by Crippen LogP contribution is -2.38. The number of aromatic nitrogens is 10. The van der Waals surface area contributed by atoms with Crippen molar-refractivity contribution < 1.29 is 61.7 Å². The molecule has 0 aliphatic heterocycles. The van der Waals surface area contributed by atoms with Crippen LogP contribution in [0.15, 0.2) is 265 Å². The number of nitrogens with one attached hydrogen (secondary N) is 5. The summed E-state index contributed by atoms with van der Waals surface area (Å²) in [6.07, 6.45) is 27.9. The first kappa shape index (κ1) is 106. The van der Waals surface area contributed by atoms with E-state index in [4.69, 9.17) is 23.1 Å². The van der Waals surface area contributed by atoms with Crippen LogP contribution in [-0.2, 0) is 24.0 Å². The Labute approximate surface area is 778 Å². The molecule has 10 heterocycles. The molecule has 12 N–H and O–H groups in total. The third-order valence-corrected chi connectivity index (χ3v) is 19.7. The second kappa shape index (κ2) is 45.8. The third-order valence-electron chi connectivity index (χ3n) is 19.4. The number of hydrogen-bond donors (Lipinski definition) is 10. The normalized spacial score (nSPS) is 16.0. The van der Waals surface area contributed by atoms with Gasteiger partial charge >= 0.3 is 0 Å². The van der Waals surface area contributed by atoms with Crippen molar-refractivity contribution in [3.8, 4) is 0 Å². The molecule has 10 aromatic rings. The van der Waals surface area contributed by atoms with Crippen LogP contribution in [0.5, 0.6) is 0 Å². The summed E-state index contributed by atoms with van der Waals surface area (Å²) in [6.45, 7) is 9.90. The molecule has 702 valence electrons. The summed E-state index contributed by atoms with van der Waals surface area (Å²) in [5.74, 6) is 1.57. The predicted octanol–water partition coefficient (Wildman–Crippen LogP) is 13.5. The monoisotopic (exact) mass is 1830 g/mol. The fourth-order valence-corrected chi connectivity index (χ4v) is 12.6. The summed E-state index contributed by atoms with van der Waals surface area (Å²) in [7, 11) is 31.9. The van der Waals surface area contributed by atoms with Gasteiger partial charge in [-0.25, -0.2) is 47.5 Å². The van der Waals surface area contributed by atoms with E-state index in [0.29, 0.717) is 104 Å².